The largest absolute Gasteiger partial charge is 0.292 e. The fourth-order valence-electron chi connectivity index (χ4n) is 1.45. The van der Waals surface area contributed by atoms with Crippen LogP contribution in [0.2, 0.25) is 0 Å². The third-order valence-corrected chi connectivity index (χ3v) is 3.10. The third-order valence-electron chi connectivity index (χ3n) is 2.19. The van der Waals surface area contributed by atoms with Gasteiger partial charge in [-0.15, -0.1) is 0 Å². The van der Waals surface area contributed by atoms with Crippen molar-refractivity contribution >= 4 is 16.2 Å². The van der Waals surface area contributed by atoms with E-state index in [2.05, 4.69) is 4.99 Å². The first-order valence-corrected chi connectivity index (χ1v) is 5.77. The van der Waals surface area contributed by atoms with Gasteiger partial charge >= 0.3 is 0 Å². The molecule has 0 unspecified atom stereocenters. The molecule has 0 saturated carbocycles. The lowest BCUT2D eigenvalue weighted by molar-refractivity contribution is 0.597. The van der Waals surface area contributed by atoms with Gasteiger partial charge in [0.2, 0.25) is 10.0 Å². The van der Waals surface area contributed by atoms with Gasteiger partial charge in [0.25, 0.3) is 0 Å². The molecular weight excluding hydrogens is 200 g/mol. The number of sulfonamides is 1. The second kappa shape index (κ2) is 3.18. The fraction of sp³-hybridized carbons (Fsp3) is 0.222. The molecule has 0 bridgehead atoms. The molecule has 0 aromatic heterocycles. The minimum atomic E-state index is -3.60. The average Bonchev–Trinajstić information content (AvgIpc) is 2.16. The Kier molecular flexibility index (Phi) is 2.13. The summed E-state index contributed by atoms with van der Waals surface area (Å²) in [5.41, 5.74) is 1.97. The molecule has 1 aliphatic rings. The van der Waals surface area contributed by atoms with Gasteiger partial charge in [-0.25, -0.2) is 13.6 Å². The highest BCUT2D eigenvalue weighted by molar-refractivity contribution is 7.89. The maximum atomic E-state index is 11.1. The number of nitrogens with zero attached hydrogens (tertiary/aromatic N) is 1. The van der Waals surface area contributed by atoms with E-state index in [-0.39, 0.29) is 4.90 Å². The molecular formula is C9H10N2O2S. The molecule has 4 nitrogen and oxygen atoms in total. The first-order valence-electron chi connectivity index (χ1n) is 4.23. The van der Waals surface area contributed by atoms with Gasteiger partial charge in [-0.2, -0.15) is 0 Å². The van der Waals surface area contributed by atoms with Crippen molar-refractivity contribution in [1.82, 2.24) is 0 Å². The van der Waals surface area contributed by atoms with Crippen molar-refractivity contribution in [3.63, 3.8) is 0 Å². The predicted octanol–water partition coefficient (Wildman–Crippen LogP) is 0.309. The van der Waals surface area contributed by atoms with Gasteiger partial charge in [0, 0.05) is 12.8 Å². The molecule has 2 N–H and O–H groups in total. The highest BCUT2D eigenvalue weighted by atomic mass is 32.2. The molecule has 74 valence electrons. The van der Waals surface area contributed by atoms with Crippen LogP contribution in [0.3, 0.4) is 0 Å². The zero-order valence-corrected chi connectivity index (χ0v) is 8.29. The molecule has 0 saturated heterocycles. The van der Waals surface area contributed by atoms with Crippen LogP contribution in [0.5, 0.6) is 0 Å². The van der Waals surface area contributed by atoms with Gasteiger partial charge < -0.3 is 0 Å². The fourth-order valence-corrected chi connectivity index (χ4v) is 1.99. The lowest BCUT2D eigenvalue weighted by atomic mass is 10.0. The Labute approximate surface area is 82.5 Å². The highest BCUT2D eigenvalue weighted by Crippen LogP contribution is 2.16. The van der Waals surface area contributed by atoms with Crippen LogP contribution in [-0.2, 0) is 16.4 Å². The Bertz CT molecular complexity index is 492. The van der Waals surface area contributed by atoms with Crippen molar-refractivity contribution in [2.45, 2.75) is 11.3 Å². The number of hydrogen-bond acceptors (Lipinski definition) is 3. The topological polar surface area (TPSA) is 72.5 Å². The van der Waals surface area contributed by atoms with Gasteiger partial charge in [0.15, 0.2) is 0 Å². The van der Waals surface area contributed by atoms with Crippen LogP contribution in [0.15, 0.2) is 28.1 Å². The van der Waals surface area contributed by atoms with Gasteiger partial charge in [-0.3, -0.25) is 4.99 Å². The van der Waals surface area contributed by atoms with Crippen molar-refractivity contribution in [2.24, 2.45) is 10.1 Å². The molecule has 0 spiro atoms. The van der Waals surface area contributed by atoms with Crippen LogP contribution in [0.1, 0.15) is 11.1 Å². The van der Waals surface area contributed by atoms with Crippen LogP contribution in [0, 0.1) is 0 Å². The normalized spacial score (nSPS) is 15.2. The third kappa shape index (κ3) is 1.69. The molecule has 5 heteroatoms. The number of rotatable bonds is 1. The van der Waals surface area contributed by atoms with Crippen LogP contribution in [0.25, 0.3) is 0 Å². The van der Waals surface area contributed by atoms with Crippen molar-refractivity contribution in [2.75, 3.05) is 6.54 Å². The maximum absolute atomic E-state index is 11.1. The van der Waals surface area contributed by atoms with E-state index in [4.69, 9.17) is 5.14 Å². The lowest BCUT2D eigenvalue weighted by Crippen LogP contribution is -2.13. The molecule has 0 fully saturated rings. The van der Waals surface area contributed by atoms with E-state index in [0.29, 0.717) is 0 Å². The summed E-state index contributed by atoms with van der Waals surface area (Å²) in [6.07, 6.45) is 2.55. The van der Waals surface area contributed by atoms with E-state index < -0.39 is 10.0 Å². The first-order chi connectivity index (χ1) is 6.57. The van der Waals surface area contributed by atoms with E-state index >= 15 is 0 Å². The maximum Gasteiger partial charge on any atom is 0.238 e. The van der Waals surface area contributed by atoms with Crippen molar-refractivity contribution in [1.29, 1.82) is 0 Å². The summed E-state index contributed by atoms with van der Waals surface area (Å²) in [6, 6.07) is 4.89. The number of fused-ring (bicyclic) bond motifs is 1. The molecule has 0 radical (unpaired) electrons. The van der Waals surface area contributed by atoms with E-state index in [1.807, 2.05) is 0 Å². The number of aliphatic imine (C=N–C) groups is 1. The molecule has 0 aliphatic carbocycles. The van der Waals surface area contributed by atoms with Gasteiger partial charge in [0.1, 0.15) is 0 Å². The Hall–Kier alpha value is -1.20. The molecule has 14 heavy (non-hydrogen) atoms. The van der Waals surface area contributed by atoms with Crippen LogP contribution in [0.4, 0.5) is 0 Å². The number of nitrogens with two attached hydrogens (primary N) is 1. The Balaban J connectivity index is 2.56. The van der Waals surface area contributed by atoms with Crippen molar-refractivity contribution in [3.8, 4) is 0 Å². The van der Waals surface area contributed by atoms with E-state index in [1.54, 1.807) is 18.3 Å². The molecule has 0 atom stereocenters. The van der Waals surface area contributed by atoms with Crippen LogP contribution in [-0.4, -0.2) is 21.2 Å². The minimum Gasteiger partial charge on any atom is -0.292 e. The zero-order chi connectivity index (χ0) is 10.2. The zero-order valence-electron chi connectivity index (χ0n) is 7.47. The molecule has 1 aliphatic heterocycles. The first kappa shape index (κ1) is 9.36. The van der Waals surface area contributed by atoms with Crippen molar-refractivity contribution < 1.29 is 8.42 Å². The summed E-state index contributed by atoms with van der Waals surface area (Å²) in [5.74, 6) is 0. The highest BCUT2D eigenvalue weighted by Gasteiger charge is 2.11. The lowest BCUT2D eigenvalue weighted by Gasteiger charge is -2.10. The number of primary sulfonamides is 1. The Morgan fingerprint density at radius 1 is 1.36 bits per heavy atom. The summed E-state index contributed by atoms with van der Waals surface area (Å²) in [7, 11) is -3.60. The SMILES string of the molecule is NS(=O)(=O)c1ccc2c(c1)C=NCC2. The average molecular weight is 210 g/mol. The van der Waals surface area contributed by atoms with E-state index in [9.17, 15) is 8.42 Å². The van der Waals surface area contributed by atoms with Gasteiger partial charge in [0.05, 0.1) is 4.90 Å². The summed E-state index contributed by atoms with van der Waals surface area (Å²) >= 11 is 0. The Morgan fingerprint density at radius 3 is 2.86 bits per heavy atom. The summed E-state index contributed by atoms with van der Waals surface area (Å²) in [4.78, 5) is 4.22. The summed E-state index contributed by atoms with van der Waals surface area (Å²) in [6.45, 7) is 0.766. The molecule has 0 amide bonds. The van der Waals surface area contributed by atoms with E-state index in [1.165, 1.54) is 6.07 Å². The smallest absolute Gasteiger partial charge is 0.238 e. The molecule has 1 aromatic carbocycles. The molecule has 1 heterocycles. The second-order valence-corrected chi connectivity index (χ2v) is 4.75. The summed E-state index contributed by atoms with van der Waals surface area (Å²) in [5, 5.41) is 5.02. The van der Waals surface area contributed by atoms with Gasteiger partial charge in [-0.1, -0.05) is 6.07 Å². The number of hydrogen-bond donors (Lipinski definition) is 1. The Morgan fingerprint density at radius 2 is 2.14 bits per heavy atom. The van der Waals surface area contributed by atoms with Crippen LogP contribution >= 0.6 is 0 Å². The monoisotopic (exact) mass is 210 g/mol. The van der Waals surface area contributed by atoms with Gasteiger partial charge in [-0.05, 0) is 29.7 Å². The minimum absolute atomic E-state index is 0.143. The molecule has 2 rings (SSSR count). The van der Waals surface area contributed by atoms with Crippen LogP contribution < -0.4 is 5.14 Å². The quantitative estimate of drug-likeness (QED) is 0.724. The predicted molar refractivity (Wildman–Crippen MR) is 54.0 cm³/mol. The second-order valence-electron chi connectivity index (χ2n) is 3.19. The summed E-state index contributed by atoms with van der Waals surface area (Å²) < 4.78 is 22.1. The number of benzene rings is 1. The molecule has 1 aromatic rings. The van der Waals surface area contributed by atoms with E-state index in [0.717, 1.165) is 24.1 Å². The van der Waals surface area contributed by atoms with Crippen molar-refractivity contribution in [3.05, 3.63) is 29.3 Å². The standard InChI is InChI=1S/C9H10N2O2S/c10-14(12,13)9-2-1-7-3-4-11-6-8(7)5-9/h1-2,5-6H,3-4H2,(H2,10,12,13).